The van der Waals surface area contributed by atoms with E-state index in [2.05, 4.69) is 0 Å². The normalized spacial score (nSPS) is 18.4. The molecule has 1 saturated heterocycles. The highest BCUT2D eigenvalue weighted by atomic mass is 35.5. The summed E-state index contributed by atoms with van der Waals surface area (Å²) in [6.07, 6.45) is -0.189. The lowest BCUT2D eigenvalue weighted by Gasteiger charge is -2.28. The van der Waals surface area contributed by atoms with E-state index in [1.54, 1.807) is 4.90 Å². The molecule has 0 saturated carbocycles. The van der Waals surface area contributed by atoms with E-state index in [0.29, 0.717) is 31.5 Å². The molecule has 0 bridgehead atoms. The van der Waals surface area contributed by atoms with Crippen molar-refractivity contribution in [2.75, 3.05) is 13.1 Å². The van der Waals surface area contributed by atoms with E-state index in [-0.39, 0.29) is 15.8 Å². The van der Waals surface area contributed by atoms with Crippen molar-refractivity contribution in [3.8, 4) is 0 Å². The molecule has 1 aliphatic rings. The van der Waals surface area contributed by atoms with Gasteiger partial charge in [0, 0.05) is 18.7 Å². The van der Waals surface area contributed by atoms with Gasteiger partial charge in [0.05, 0.1) is 9.92 Å². The summed E-state index contributed by atoms with van der Waals surface area (Å²) in [5.41, 5.74) is 0.291. The summed E-state index contributed by atoms with van der Waals surface area (Å²) in [7, 11) is 0. The molecular formula is C12H13ClFNO3S. The minimum absolute atomic E-state index is 0.00731. The number of likely N-dealkylation sites (tertiary alicyclic amines) is 1. The number of hydrogen-bond donors (Lipinski definition) is 1. The molecular weight excluding hydrogens is 293 g/mol. The van der Waals surface area contributed by atoms with Crippen molar-refractivity contribution in [3.63, 3.8) is 0 Å². The summed E-state index contributed by atoms with van der Waals surface area (Å²) in [5.74, 6) is -0.268. The first-order valence-electron chi connectivity index (χ1n) is 5.83. The van der Waals surface area contributed by atoms with Gasteiger partial charge in [0.25, 0.3) is 5.91 Å². The van der Waals surface area contributed by atoms with Gasteiger partial charge in [0.2, 0.25) is 0 Å². The molecule has 1 aromatic carbocycles. The Morgan fingerprint density at radius 1 is 1.42 bits per heavy atom. The van der Waals surface area contributed by atoms with Gasteiger partial charge < -0.3 is 9.45 Å². The maximum atomic E-state index is 13.0. The molecule has 4 nitrogen and oxygen atoms in total. The fourth-order valence-corrected chi connectivity index (χ4v) is 2.78. The van der Waals surface area contributed by atoms with Crippen LogP contribution in [0.4, 0.5) is 4.39 Å². The average Bonchev–Trinajstić information content (AvgIpc) is 2.39. The fourth-order valence-electron chi connectivity index (χ4n) is 2.00. The second kappa shape index (κ2) is 5.98. The van der Waals surface area contributed by atoms with Crippen LogP contribution in [0.5, 0.6) is 0 Å². The van der Waals surface area contributed by atoms with Crippen LogP contribution in [-0.4, -0.2) is 38.8 Å². The number of carbonyl (C=O) groups excluding carboxylic acids is 1. The first-order valence-corrected chi connectivity index (χ1v) is 7.31. The van der Waals surface area contributed by atoms with Crippen molar-refractivity contribution >= 4 is 28.6 Å². The zero-order valence-electron chi connectivity index (χ0n) is 10.0. The van der Waals surface area contributed by atoms with Crippen LogP contribution in [0.15, 0.2) is 23.1 Å². The summed E-state index contributed by atoms with van der Waals surface area (Å²) in [6.45, 7) is 0.723. The quantitative estimate of drug-likeness (QED) is 0.854. The van der Waals surface area contributed by atoms with Gasteiger partial charge in [-0.05, 0) is 31.0 Å². The molecule has 1 fully saturated rings. The van der Waals surface area contributed by atoms with Crippen molar-refractivity contribution < 1.29 is 17.9 Å². The summed E-state index contributed by atoms with van der Waals surface area (Å²) >= 11 is 3.53. The number of piperidine rings is 1. The third-order valence-corrected chi connectivity index (χ3v) is 4.23. The van der Waals surface area contributed by atoms with Crippen LogP contribution in [0.25, 0.3) is 0 Å². The fraction of sp³-hybridized carbons (Fsp3) is 0.417. The van der Waals surface area contributed by atoms with Crippen LogP contribution in [-0.2, 0) is 11.1 Å². The van der Waals surface area contributed by atoms with Gasteiger partial charge in [-0.25, -0.2) is 8.60 Å². The van der Waals surface area contributed by atoms with Crippen molar-refractivity contribution in [2.24, 2.45) is 0 Å². The Kier molecular flexibility index (Phi) is 4.54. The molecule has 1 aromatic rings. The van der Waals surface area contributed by atoms with E-state index in [1.165, 1.54) is 18.2 Å². The molecule has 2 rings (SSSR count). The summed E-state index contributed by atoms with van der Waals surface area (Å²) in [4.78, 5) is 13.7. The van der Waals surface area contributed by atoms with E-state index in [0.717, 1.165) is 0 Å². The van der Waals surface area contributed by atoms with Gasteiger partial charge in [-0.15, -0.1) is 0 Å². The molecule has 0 aromatic heterocycles. The molecule has 1 heterocycles. The molecule has 1 N–H and O–H groups in total. The standard InChI is InChI=1S/C12H13ClFNO3S/c13-10-2-1-8(7-11(10)19(17)18)12(16)15-5-3-9(14)4-6-15/h1-2,7,9H,3-6H2,(H,17,18). The Morgan fingerprint density at radius 2 is 2.05 bits per heavy atom. The van der Waals surface area contributed by atoms with Crippen molar-refractivity contribution in [1.82, 2.24) is 4.90 Å². The molecule has 1 aliphatic heterocycles. The van der Waals surface area contributed by atoms with Gasteiger partial charge in [-0.3, -0.25) is 4.79 Å². The summed E-state index contributed by atoms with van der Waals surface area (Å²) < 4.78 is 33.2. The van der Waals surface area contributed by atoms with E-state index in [4.69, 9.17) is 16.2 Å². The lowest BCUT2D eigenvalue weighted by atomic mass is 10.1. The third kappa shape index (κ3) is 3.32. The molecule has 1 amide bonds. The van der Waals surface area contributed by atoms with Gasteiger partial charge in [-0.2, -0.15) is 0 Å². The van der Waals surface area contributed by atoms with Gasteiger partial charge in [-0.1, -0.05) is 11.6 Å². The molecule has 1 unspecified atom stereocenters. The minimum Gasteiger partial charge on any atom is -0.338 e. The van der Waals surface area contributed by atoms with Crippen LogP contribution >= 0.6 is 11.6 Å². The third-order valence-electron chi connectivity index (χ3n) is 3.08. The number of carbonyl (C=O) groups is 1. The van der Waals surface area contributed by atoms with E-state index in [1.807, 2.05) is 0 Å². The lowest BCUT2D eigenvalue weighted by molar-refractivity contribution is 0.0667. The zero-order valence-corrected chi connectivity index (χ0v) is 11.6. The molecule has 1 atom stereocenters. The lowest BCUT2D eigenvalue weighted by Crippen LogP contribution is -2.39. The number of amides is 1. The molecule has 7 heteroatoms. The van der Waals surface area contributed by atoms with Crippen molar-refractivity contribution in [3.05, 3.63) is 28.8 Å². The first-order chi connectivity index (χ1) is 8.99. The monoisotopic (exact) mass is 305 g/mol. The van der Waals surface area contributed by atoms with Crippen molar-refractivity contribution in [2.45, 2.75) is 23.9 Å². The van der Waals surface area contributed by atoms with Gasteiger partial charge in [0.1, 0.15) is 6.17 Å². The number of halogens is 2. The van der Waals surface area contributed by atoms with Crippen LogP contribution < -0.4 is 0 Å². The Balaban J connectivity index is 2.20. The van der Waals surface area contributed by atoms with Crippen LogP contribution in [0.1, 0.15) is 23.2 Å². The van der Waals surface area contributed by atoms with Crippen molar-refractivity contribution in [1.29, 1.82) is 0 Å². The Morgan fingerprint density at radius 3 is 2.63 bits per heavy atom. The van der Waals surface area contributed by atoms with Crippen LogP contribution in [0, 0.1) is 0 Å². The molecule has 0 aliphatic carbocycles. The topological polar surface area (TPSA) is 57.6 Å². The van der Waals surface area contributed by atoms with Gasteiger partial charge >= 0.3 is 0 Å². The van der Waals surface area contributed by atoms with Gasteiger partial charge in [0.15, 0.2) is 11.1 Å². The van der Waals surface area contributed by atoms with E-state index in [9.17, 15) is 13.4 Å². The van der Waals surface area contributed by atoms with E-state index >= 15 is 0 Å². The molecule has 0 spiro atoms. The maximum absolute atomic E-state index is 13.0. The second-order valence-corrected chi connectivity index (χ2v) is 5.71. The number of rotatable bonds is 2. The number of benzene rings is 1. The summed E-state index contributed by atoms with van der Waals surface area (Å²) in [6, 6.07) is 4.23. The van der Waals surface area contributed by atoms with Crippen LogP contribution in [0.3, 0.4) is 0 Å². The highest BCUT2D eigenvalue weighted by Gasteiger charge is 2.24. The average molecular weight is 306 g/mol. The first kappa shape index (κ1) is 14.4. The largest absolute Gasteiger partial charge is 0.338 e. The molecule has 19 heavy (non-hydrogen) atoms. The minimum atomic E-state index is -2.24. The maximum Gasteiger partial charge on any atom is 0.253 e. The summed E-state index contributed by atoms with van der Waals surface area (Å²) in [5, 5.41) is 0.139. The Bertz CT molecular complexity index is 518. The Hall–Kier alpha value is -0.980. The molecule has 0 radical (unpaired) electrons. The number of alkyl halides is 1. The Labute approximate surface area is 117 Å². The molecule has 104 valence electrons. The smallest absolute Gasteiger partial charge is 0.253 e. The highest BCUT2D eigenvalue weighted by molar-refractivity contribution is 7.79. The number of nitrogens with zero attached hydrogens (tertiary/aromatic N) is 1. The highest BCUT2D eigenvalue weighted by Crippen LogP contribution is 2.22. The van der Waals surface area contributed by atoms with Crippen LogP contribution in [0.2, 0.25) is 5.02 Å². The number of hydrogen-bond acceptors (Lipinski definition) is 2. The van der Waals surface area contributed by atoms with E-state index < -0.39 is 17.3 Å². The zero-order chi connectivity index (χ0) is 14.0. The predicted octanol–water partition coefficient (Wildman–Crippen LogP) is 2.49. The second-order valence-electron chi connectivity index (χ2n) is 4.36. The predicted molar refractivity (Wildman–Crippen MR) is 70.5 cm³/mol. The SMILES string of the molecule is O=C(c1ccc(Cl)c(S(=O)O)c1)N1CCC(F)CC1.